The summed E-state index contributed by atoms with van der Waals surface area (Å²) < 4.78 is 0. The predicted octanol–water partition coefficient (Wildman–Crippen LogP) is 1.50. The number of hydrogen-bond acceptors (Lipinski definition) is 3. The molecule has 78 valence electrons. The average molecular weight is 194 g/mol. The highest BCUT2D eigenvalue weighted by molar-refractivity contribution is 5.13. The maximum atomic E-state index is 9.09. The van der Waals surface area contributed by atoms with Gasteiger partial charge in [0.05, 0.1) is 6.10 Å². The normalized spacial score (nSPS) is 15.1. The molecule has 14 heavy (non-hydrogen) atoms. The van der Waals surface area contributed by atoms with Crippen molar-refractivity contribution in [3.05, 3.63) is 30.1 Å². The lowest BCUT2D eigenvalue weighted by molar-refractivity contribution is 0.182. The molecule has 0 aromatic carbocycles. The van der Waals surface area contributed by atoms with E-state index >= 15 is 0 Å². The monoisotopic (exact) mass is 194 g/mol. The second-order valence-electron chi connectivity index (χ2n) is 3.59. The first kappa shape index (κ1) is 11.1. The lowest BCUT2D eigenvalue weighted by atomic mass is 10.1. The van der Waals surface area contributed by atoms with Crippen molar-refractivity contribution >= 4 is 0 Å². The predicted molar refractivity (Wildman–Crippen MR) is 57.0 cm³/mol. The lowest BCUT2D eigenvalue weighted by Gasteiger charge is -2.14. The topological polar surface area (TPSA) is 45.1 Å². The first-order chi connectivity index (χ1) is 6.70. The quantitative estimate of drug-likeness (QED) is 0.746. The van der Waals surface area contributed by atoms with Gasteiger partial charge in [0.25, 0.3) is 0 Å². The van der Waals surface area contributed by atoms with Crippen LogP contribution in [0.25, 0.3) is 0 Å². The standard InChI is InChI=1S/C11H18N2O/c1-9(14)3-8-13-10(2)11-4-6-12-7-5-11/h4-7,9-10,13-14H,3,8H2,1-2H3/t9-,10-/m0/s1. The van der Waals surface area contributed by atoms with Crippen LogP contribution in [0.2, 0.25) is 0 Å². The second kappa shape index (κ2) is 5.73. The molecule has 1 heterocycles. The molecule has 0 aliphatic heterocycles. The zero-order chi connectivity index (χ0) is 10.4. The van der Waals surface area contributed by atoms with Crippen LogP contribution in [0.3, 0.4) is 0 Å². The van der Waals surface area contributed by atoms with Crippen LogP contribution in [0.1, 0.15) is 31.9 Å². The zero-order valence-corrected chi connectivity index (χ0v) is 8.77. The third-order valence-corrected chi connectivity index (χ3v) is 2.22. The number of aliphatic hydroxyl groups is 1. The minimum atomic E-state index is -0.229. The van der Waals surface area contributed by atoms with E-state index < -0.39 is 0 Å². The summed E-state index contributed by atoms with van der Waals surface area (Å²) in [6.07, 6.45) is 4.15. The van der Waals surface area contributed by atoms with Crippen LogP contribution >= 0.6 is 0 Å². The van der Waals surface area contributed by atoms with Crippen LogP contribution < -0.4 is 5.32 Å². The molecule has 0 unspecified atom stereocenters. The molecule has 3 heteroatoms. The number of aliphatic hydroxyl groups excluding tert-OH is 1. The maximum Gasteiger partial charge on any atom is 0.0524 e. The van der Waals surface area contributed by atoms with Crippen LogP contribution in [-0.2, 0) is 0 Å². The molecule has 2 N–H and O–H groups in total. The summed E-state index contributed by atoms with van der Waals surface area (Å²) in [7, 11) is 0. The van der Waals surface area contributed by atoms with Crippen molar-refractivity contribution in [2.75, 3.05) is 6.54 Å². The Bertz CT molecular complexity index is 249. The number of nitrogens with one attached hydrogen (secondary N) is 1. The first-order valence-corrected chi connectivity index (χ1v) is 5.01. The van der Waals surface area contributed by atoms with Gasteiger partial charge in [0.2, 0.25) is 0 Å². The Morgan fingerprint density at radius 3 is 2.57 bits per heavy atom. The Morgan fingerprint density at radius 2 is 2.00 bits per heavy atom. The molecule has 2 atom stereocenters. The molecular formula is C11H18N2O. The Kier molecular flexibility index (Phi) is 4.56. The van der Waals surface area contributed by atoms with Crippen molar-refractivity contribution in [3.63, 3.8) is 0 Å². The molecule has 1 aromatic heterocycles. The number of rotatable bonds is 5. The van der Waals surface area contributed by atoms with E-state index in [0.717, 1.165) is 13.0 Å². The van der Waals surface area contributed by atoms with Gasteiger partial charge in [-0.25, -0.2) is 0 Å². The molecule has 1 rings (SSSR count). The first-order valence-electron chi connectivity index (χ1n) is 5.01. The van der Waals surface area contributed by atoms with Crippen molar-refractivity contribution in [2.24, 2.45) is 0 Å². The molecule has 0 spiro atoms. The fourth-order valence-electron chi connectivity index (χ4n) is 1.28. The van der Waals surface area contributed by atoms with Gasteiger partial charge in [0, 0.05) is 18.4 Å². The van der Waals surface area contributed by atoms with Gasteiger partial charge in [0.15, 0.2) is 0 Å². The molecule has 0 amide bonds. The molecular weight excluding hydrogens is 176 g/mol. The van der Waals surface area contributed by atoms with E-state index in [9.17, 15) is 0 Å². The van der Waals surface area contributed by atoms with E-state index in [-0.39, 0.29) is 6.10 Å². The summed E-state index contributed by atoms with van der Waals surface area (Å²) in [6.45, 7) is 4.75. The number of hydrogen-bond donors (Lipinski definition) is 2. The van der Waals surface area contributed by atoms with E-state index in [0.29, 0.717) is 6.04 Å². The van der Waals surface area contributed by atoms with E-state index in [2.05, 4.69) is 17.2 Å². The summed E-state index contributed by atoms with van der Waals surface area (Å²) in [5.74, 6) is 0. The van der Waals surface area contributed by atoms with Crippen molar-refractivity contribution in [1.82, 2.24) is 10.3 Å². The molecule has 3 nitrogen and oxygen atoms in total. The van der Waals surface area contributed by atoms with Gasteiger partial charge in [0.1, 0.15) is 0 Å². The van der Waals surface area contributed by atoms with Gasteiger partial charge in [-0.15, -0.1) is 0 Å². The van der Waals surface area contributed by atoms with Gasteiger partial charge < -0.3 is 10.4 Å². The highest BCUT2D eigenvalue weighted by Crippen LogP contribution is 2.09. The molecule has 0 aliphatic carbocycles. The van der Waals surface area contributed by atoms with Crippen molar-refractivity contribution in [2.45, 2.75) is 32.4 Å². The molecule has 1 aromatic rings. The summed E-state index contributed by atoms with van der Waals surface area (Å²) in [5.41, 5.74) is 1.23. The van der Waals surface area contributed by atoms with Gasteiger partial charge in [-0.3, -0.25) is 4.98 Å². The van der Waals surface area contributed by atoms with E-state index in [1.54, 1.807) is 19.3 Å². The Morgan fingerprint density at radius 1 is 1.36 bits per heavy atom. The van der Waals surface area contributed by atoms with Crippen LogP contribution in [0.5, 0.6) is 0 Å². The fraction of sp³-hybridized carbons (Fsp3) is 0.545. The minimum absolute atomic E-state index is 0.229. The second-order valence-corrected chi connectivity index (χ2v) is 3.59. The molecule has 0 aliphatic rings. The lowest BCUT2D eigenvalue weighted by Crippen LogP contribution is -2.22. The van der Waals surface area contributed by atoms with Crippen molar-refractivity contribution < 1.29 is 5.11 Å². The van der Waals surface area contributed by atoms with Crippen LogP contribution in [-0.4, -0.2) is 22.7 Å². The summed E-state index contributed by atoms with van der Waals surface area (Å²) in [5, 5.41) is 12.4. The van der Waals surface area contributed by atoms with Crippen molar-refractivity contribution in [1.29, 1.82) is 0 Å². The van der Waals surface area contributed by atoms with Crippen LogP contribution in [0.15, 0.2) is 24.5 Å². The molecule has 0 radical (unpaired) electrons. The highest BCUT2D eigenvalue weighted by Gasteiger charge is 2.03. The van der Waals surface area contributed by atoms with E-state index in [4.69, 9.17) is 5.11 Å². The van der Waals surface area contributed by atoms with Crippen LogP contribution in [0, 0.1) is 0 Å². The Hall–Kier alpha value is -0.930. The average Bonchev–Trinajstić information content (AvgIpc) is 2.18. The molecule has 0 bridgehead atoms. The van der Waals surface area contributed by atoms with Gasteiger partial charge >= 0.3 is 0 Å². The van der Waals surface area contributed by atoms with Crippen LogP contribution in [0.4, 0.5) is 0 Å². The van der Waals surface area contributed by atoms with Gasteiger partial charge in [-0.05, 0) is 44.5 Å². The fourth-order valence-corrected chi connectivity index (χ4v) is 1.28. The molecule has 0 fully saturated rings. The SMILES string of the molecule is C[C@H](O)CCN[C@@H](C)c1ccncc1. The zero-order valence-electron chi connectivity index (χ0n) is 8.77. The van der Waals surface area contributed by atoms with Gasteiger partial charge in [-0.1, -0.05) is 0 Å². The highest BCUT2D eigenvalue weighted by atomic mass is 16.3. The number of pyridine rings is 1. The summed E-state index contributed by atoms with van der Waals surface area (Å²) in [4.78, 5) is 3.97. The Labute approximate surface area is 85.2 Å². The molecule has 0 saturated heterocycles. The summed E-state index contributed by atoms with van der Waals surface area (Å²) in [6, 6.07) is 4.32. The number of nitrogens with zero attached hydrogens (tertiary/aromatic N) is 1. The largest absolute Gasteiger partial charge is 0.393 e. The van der Waals surface area contributed by atoms with E-state index in [1.165, 1.54) is 5.56 Å². The smallest absolute Gasteiger partial charge is 0.0524 e. The maximum absolute atomic E-state index is 9.09. The summed E-state index contributed by atoms with van der Waals surface area (Å²) >= 11 is 0. The van der Waals surface area contributed by atoms with Gasteiger partial charge in [-0.2, -0.15) is 0 Å². The third kappa shape index (κ3) is 3.85. The third-order valence-electron chi connectivity index (χ3n) is 2.22. The Balaban J connectivity index is 2.32. The van der Waals surface area contributed by atoms with Crippen molar-refractivity contribution in [3.8, 4) is 0 Å². The molecule has 0 saturated carbocycles. The minimum Gasteiger partial charge on any atom is -0.393 e. The number of aromatic nitrogens is 1. The van der Waals surface area contributed by atoms with E-state index in [1.807, 2.05) is 12.1 Å².